The van der Waals surface area contributed by atoms with Crippen LogP contribution in [-0.4, -0.2) is 39.8 Å². The molecule has 1 N–H and O–H groups in total. The van der Waals surface area contributed by atoms with Crippen molar-refractivity contribution >= 4 is 21.6 Å². The number of hydrogen-bond donors (Lipinski definition) is 1. The zero-order valence-corrected chi connectivity index (χ0v) is 20.6. The Bertz CT molecular complexity index is 1380. The summed E-state index contributed by atoms with van der Waals surface area (Å²) in [6, 6.07) is 15.8. The fourth-order valence-electron chi connectivity index (χ4n) is 4.29. The molecule has 37 heavy (non-hydrogen) atoms. The first-order chi connectivity index (χ1) is 17.4. The highest BCUT2D eigenvalue weighted by Crippen LogP contribution is 2.35. The molecule has 0 unspecified atom stereocenters. The Kier molecular flexibility index (Phi) is 7.44. The molecule has 196 valence electrons. The van der Waals surface area contributed by atoms with Crippen molar-refractivity contribution < 1.29 is 35.5 Å². The molecule has 0 aliphatic carbocycles. The molecule has 0 aromatic heterocycles. The van der Waals surface area contributed by atoms with Gasteiger partial charge in [-0.1, -0.05) is 30.3 Å². The number of hydrogen-bond acceptors (Lipinski definition) is 5. The summed E-state index contributed by atoms with van der Waals surface area (Å²) in [7, 11) is -3.91. The van der Waals surface area contributed by atoms with Crippen molar-refractivity contribution in [1.82, 2.24) is 4.72 Å². The summed E-state index contributed by atoms with van der Waals surface area (Å²) in [5.41, 5.74) is 0.452. The van der Waals surface area contributed by atoms with Crippen molar-refractivity contribution in [2.45, 2.75) is 25.1 Å². The van der Waals surface area contributed by atoms with Crippen LogP contribution >= 0.6 is 0 Å². The van der Waals surface area contributed by atoms with Gasteiger partial charge in [-0.05, 0) is 48.7 Å². The van der Waals surface area contributed by atoms with Crippen molar-refractivity contribution in [3.8, 4) is 16.9 Å². The Balaban J connectivity index is 1.59. The summed E-state index contributed by atoms with van der Waals surface area (Å²) >= 11 is 0. The van der Waals surface area contributed by atoms with Crippen LogP contribution in [0, 0.1) is 5.82 Å². The van der Waals surface area contributed by atoms with Crippen molar-refractivity contribution in [2.75, 3.05) is 24.3 Å². The number of nitrogens with one attached hydrogen (secondary N) is 1. The highest BCUT2D eigenvalue weighted by atomic mass is 32.2. The number of nitrogens with zero attached hydrogens (tertiary/aromatic N) is 1. The molecule has 1 aliphatic rings. The zero-order valence-electron chi connectivity index (χ0n) is 19.8. The second-order valence-corrected chi connectivity index (χ2v) is 10.5. The molecule has 1 aliphatic heterocycles. The first kappa shape index (κ1) is 26.5. The topological polar surface area (TPSA) is 75.7 Å². The summed E-state index contributed by atoms with van der Waals surface area (Å²) in [5.74, 6) is -1.91. The maximum Gasteiger partial charge on any atom is 0.416 e. The quantitative estimate of drug-likeness (QED) is 0.418. The van der Waals surface area contributed by atoms with Crippen LogP contribution in [0.25, 0.3) is 11.1 Å². The smallest absolute Gasteiger partial charge is 0.416 e. The first-order valence-corrected chi connectivity index (χ1v) is 13.3. The molecule has 4 rings (SSSR count). The average molecular weight is 537 g/mol. The Labute approximate surface area is 211 Å². The van der Waals surface area contributed by atoms with E-state index in [-0.39, 0.29) is 18.4 Å². The summed E-state index contributed by atoms with van der Waals surface area (Å²) in [4.78, 5) is 14.3. The molecule has 0 spiro atoms. The minimum atomic E-state index is -4.42. The minimum Gasteiger partial charge on any atom is -0.491 e. The van der Waals surface area contributed by atoms with Gasteiger partial charge in [-0.15, -0.1) is 0 Å². The molecule has 3 aromatic carbocycles. The number of benzene rings is 3. The van der Waals surface area contributed by atoms with Crippen LogP contribution in [0.2, 0.25) is 0 Å². The number of halogens is 4. The molecule has 1 heterocycles. The maximum absolute atomic E-state index is 14.9. The molecule has 6 nitrogen and oxygen atoms in total. The van der Waals surface area contributed by atoms with Crippen molar-refractivity contribution in [3.63, 3.8) is 0 Å². The number of amides is 1. The molecule has 11 heteroatoms. The van der Waals surface area contributed by atoms with Crippen LogP contribution in [0.3, 0.4) is 0 Å². The Morgan fingerprint density at radius 2 is 1.76 bits per heavy atom. The summed E-state index contributed by atoms with van der Waals surface area (Å²) in [5, 5.41) is 0. The molecular formula is C26H24F4N2O4S. The van der Waals surface area contributed by atoms with Gasteiger partial charge in [0, 0.05) is 23.9 Å². The summed E-state index contributed by atoms with van der Waals surface area (Å²) in [6.45, 7) is 0.749. The lowest BCUT2D eigenvalue weighted by Crippen LogP contribution is -2.34. The van der Waals surface area contributed by atoms with E-state index in [1.165, 1.54) is 18.2 Å². The van der Waals surface area contributed by atoms with Gasteiger partial charge >= 0.3 is 6.18 Å². The van der Waals surface area contributed by atoms with Gasteiger partial charge in [0.15, 0.2) is 0 Å². The number of alkyl halides is 3. The molecule has 0 radical (unpaired) electrons. The standard InChI is InChI=1S/C26H24F4N2O4S/c1-37(34,35)31-25(33)22-14-21(17-6-3-2-4-7-17)24(15-23(22)27)36-16-20-8-5-13-32(20)19-11-9-18(10-12-19)26(28,29)30/h2-4,6-7,9-12,14-15,20H,5,8,13,16H2,1H3,(H,31,33)/t20-/m1/s1. The van der Waals surface area contributed by atoms with Gasteiger partial charge in [-0.25, -0.2) is 17.5 Å². The Morgan fingerprint density at radius 1 is 1.08 bits per heavy atom. The normalized spacial score (nSPS) is 16.0. The van der Waals surface area contributed by atoms with Gasteiger partial charge in [0.05, 0.1) is 23.4 Å². The van der Waals surface area contributed by atoms with Crippen LogP contribution in [-0.2, 0) is 16.2 Å². The first-order valence-electron chi connectivity index (χ1n) is 11.4. The molecular weight excluding hydrogens is 512 g/mol. The average Bonchev–Trinajstić information content (AvgIpc) is 3.30. The van der Waals surface area contributed by atoms with E-state index >= 15 is 0 Å². The predicted octanol–water partition coefficient (Wildman–Crippen LogP) is 5.25. The monoisotopic (exact) mass is 536 g/mol. The van der Waals surface area contributed by atoms with Gasteiger partial charge in [0.2, 0.25) is 10.0 Å². The number of carbonyl (C=O) groups is 1. The van der Waals surface area contributed by atoms with Gasteiger partial charge in [-0.2, -0.15) is 13.2 Å². The van der Waals surface area contributed by atoms with Crippen LogP contribution in [0.4, 0.5) is 23.2 Å². The van der Waals surface area contributed by atoms with E-state index in [1.807, 2.05) is 4.90 Å². The van der Waals surface area contributed by atoms with E-state index in [4.69, 9.17) is 4.74 Å². The van der Waals surface area contributed by atoms with E-state index in [1.54, 1.807) is 35.1 Å². The molecule has 1 amide bonds. The number of anilines is 1. The van der Waals surface area contributed by atoms with Gasteiger partial charge in [0.25, 0.3) is 5.91 Å². The lowest BCUT2D eigenvalue weighted by molar-refractivity contribution is -0.137. The maximum atomic E-state index is 14.9. The molecule has 1 fully saturated rings. The summed E-state index contributed by atoms with van der Waals surface area (Å²) < 4.78 is 84.4. The van der Waals surface area contributed by atoms with Crippen LogP contribution in [0.1, 0.15) is 28.8 Å². The number of rotatable bonds is 7. The van der Waals surface area contributed by atoms with E-state index in [0.29, 0.717) is 23.4 Å². The molecule has 3 aromatic rings. The molecule has 0 bridgehead atoms. The molecule has 1 saturated heterocycles. The lowest BCUT2D eigenvalue weighted by Gasteiger charge is -2.27. The molecule has 0 saturated carbocycles. The van der Waals surface area contributed by atoms with Crippen molar-refractivity contribution in [2.24, 2.45) is 0 Å². The third-order valence-corrected chi connectivity index (χ3v) is 6.57. The second-order valence-electron chi connectivity index (χ2n) is 8.74. The largest absolute Gasteiger partial charge is 0.491 e. The van der Waals surface area contributed by atoms with E-state index in [2.05, 4.69) is 0 Å². The number of ether oxygens (including phenoxy) is 1. The Hall–Kier alpha value is -3.60. The van der Waals surface area contributed by atoms with Crippen LogP contribution in [0.5, 0.6) is 5.75 Å². The van der Waals surface area contributed by atoms with Crippen LogP contribution < -0.4 is 14.4 Å². The second kappa shape index (κ2) is 10.4. The van der Waals surface area contributed by atoms with Crippen molar-refractivity contribution in [3.05, 3.63) is 83.7 Å². The van der Waals surface area contributed by atoms with Gasteiger partial charge < -0.3 is 9.64 Å². The fraction of sp³-hybridized carbons (Fsp3) is 0.269. The zero-order chi connectivity index (χ0) is 26.8. The molecule has 1 atom stereocenters. The van der Waals surface area contributed by atoms with Gasteiger partial charge in [0.1, 0.15) is 18.2 Å². The minimum absolute atomic E-state index is 0.120. The third-order valence-electron chi connectivity index (χ3n) is 6.01. The highest BCUT2D eigenvalue weighted by molar-refractivity contribution is 7.89. The van der Waals surface area contributed by atoms with E-state index < -0.39 is 39.1 Å². The van der Waals surface area contributed by atoms with E-state index in [9.17, 15) is 30.8 Å². The summed E-state index contributed by atoms with van der Waals surface area (Å²) in [6.07, 6.45) is -2.10. The van der Waals surface area contributed by atoms with Crippen LogP contribution in [0.15, 0.2) is 66.7 Å². The van der Waals surface area contributed by atoms with E-state index in [0.717, 1.165) is 37.3 Å². The SMILES string of the molecule is CS(=O)(=O)NC(=O)c1cc(-c2ccccc2)c(OC[C@H]2CCCN2c2ccc(C(F)(F)F)cc2)cc1F. The number of carbonyl (C=O) groups excluding carboxylic acids is 1. The predicted molar refractivity (Wildman–Crippen MR) is 131 cm³/mol. The highest BCUT2D eigenvalue weighted by Gasteiger charge is 2.31. The Morgan fingerprint density at radius 3 is 2.38 bits per heavy atom. The lowest BCUT2D eigenvalue weighted by atomic mass is 10.0. The number of sulfonamides is 1. The van der Waals surface area contributed by atoms with Crippen molar-refractivity contribution in [1.29, 1.82) is 0 Å². The van der Waals surface area contributed by atoms with Gasteiger partial charge in [-0.3, -0.25) is 4.79 Å². The fourth-order valence-corrected chi connectivity index (χ4v) is 4.74. The third kappa shape index (κ3) is 6.40.